The third-order valence-electron chi connectivity index (χ3n) is 3.47. The van der Waals surface area contributed by atoms with E-state index in [0.29, 0.717) is 18.8 Å². The Labute approximate surface area is 123 Å². The highest BCUT2D eigenvalue weighted by molar-refractivity contribution is 5.93. The van der Waals surface area contributed by atoms with Crippen molar-refractivity contribution in [1.82, 2.24) is 20.1 Å². The van der Waals surface area contributed by atoms with Crippen LogP contribution < -0.4 is 0 Å². The van der Waals surface area contributed by atoms with Crippen molar-refractivity contribution in [3.63, 3.8) is 0 Å². The van der Waals surface area contributed by atoms with Crippen LogP contribution in [-0.4, -0.2) is 51.3 Å². The molecule has 1 N–H and O–H groups in total. The lowest BCUT2D eigenvalue weighted by molar-refractivity contribution is -0.0587. The lowest BCUT2D eigenvalue weighted by Crippen LogP contribution is -2.48. The average Bonchev–Trinajstić information content (AvgIpc) is 2.96. The fourth-order valence-electron chi connectivity index (χ4n) is 2.61. The highest BCUT2D eigenvalue weighted by atomic mass is 16.5. The number of hydrogen-bond donors (Lipinski definition) is 1. The normalized spacial score (nSPS) is 22.3. The van der Waals surface area contributed by atoms with E-state index in [4.69, 9.17) is 4.74 Å². The first kappa shape index (κ1) is 13.8. The topological polar surface area (TPSA) is 71.1 Å². The van der Waals surface area contributed by atoms with Crippen molar-refractivity contribution in [2.24, 2.45) is 0 Å². The molecule has 6 heteroatoms. The zero-order valence-electron chi connectivity index (χ0n) is 12.1. The largest absolute Gasteiger partial charge is 0.372 e. The van der Waals surface area contributed by atoms with Crippen LogP contribution in [0.5, 0.6) is 0 Å². The molecule has 0 unspecified atom stereocenters. The van der Waals surface area contributed by atoms with Gasteiger partial charge in [0.15, 0.2) is 0 Å². The zero-order valence-corrected chi connectivity index (χ0v) is 12.1. The lowest BCUT2D eigenvalue weighted by atomic mass is 10.2. The number of rotatable bonds is 2. The minimum atomic E-state index is -0.0420. The van der Waals surface area contributed by atoms with E-state index >= 15 is 0 Å². The van der Waals surface area contributed by atoms with Crippen LogP contribution >= 0.6 is 0 Å². The molecule has 2 aromatic rings. The van der Waals surface area contributed by atoms with Crippen LogP contribution in [-0.2, 0) is 4.74 Å². The Kier molecular flexibility index (Phi) is 3.70. The number of nitrogens with zero attached hydrogens (tertiary/aromatic N) is 3. The quantitative estimate of drug-likeness (QED) is 0.912. The standard InChI is InChI=1S/C15H18N4O2/c1-10-8-19(9-11(2)21-10)15(20)14-6-13(17-18-14)12-4-3-5-16-7-12/h3-7,10-11H,8-9H2,1-2H3,(H,17,18)/t10-,11+. The third kappa shape index (κ3) is 2.95. The molecule has 0 spiro atoms. The summed E-state index contributed by atoms with van der Waals surface area (Å²) in [6.07, 6.45) is 3.54. The summed E-state index contributed by atoms with van der Waals surface area (Å²) in [4.78, 5) is 18.4. The van der Waals surface area contributed by atoms with E-state index in [-0.39, 0.29) is 18.1 Å². The van der Waals surface area contributed by atoms with Gasteiger partial charge in [-0.3, -0.25) is 14.9 Å². The van der Waals surface area contributed by atoms with Crippen LogP contribution in [0.15, 0.2) is 30.6 Å². The van der Waals surface area contributed by atoms with Crippen LogP contribution in [0.1, 0.15) is 24.3 Å². The highest BCUT2D eigenvalue weighted by Crippen LogP contribution is 2.18. The van der Waals surface area contributed by atoms with Crippen LogP contribution in [0.25, 0.3) is 11.3 Å². The molecule has 1 aliphatic heterocycles. The van der Waals surface area contributed by atoms with Crippen molar-refractivity contribution < 1.29 is 9.53 Å². The molecule has 21 heavy (non-hydrogen) atoms. The van der Waals surface area contributed by atoms with Gasteiger partial charge in [-0.05, 0) is 32.0 Å². The maximum absolute atomic E-state index is 12.5. The number of hydrogen-bond acceptors (Lipinski definition) is 4. The number of H-pyrrole nitrogens is 1. The summed E-state index contributed by atoms with van der Waals surface area (Å²) in [5.74, 6) is -0.0420. The van der Waals surface area contributed by atoms with Crippen molar-refractivity contribution in [3.8, 4) is 11.3 Å². The van der Waals surface area contributed by atoms with Gasteiger partial charge in [-0.15, -0.1) is 0 Å². The molecule has 110 valence electrons. The van der Waals surface area contributed by atoms with Crippen molar-refractivity contribution in [3.05, 3.63) is 36.3 Å². The first-order valence-corrected chi connectivity index (χ1v) is 7.04. The van der Waals surface area contributed by atoms with Crippen molar-refractivity contribution in [2.75, 3.05) is 13.1 Å². The van der Waals surface area contributed by atoms with E-state index in [1.165, 1.54) is 0 Å². The molecule has 1 saturated heterocycles. The number of carbonyl (C=O) groups excluding carboxylic acids is 1. The summed E-state index contributed by atoms with van der Waals surface area (Å²) in [5, 5.41) is 7.02. The average molecular weight is 286 g/mol. The van der Waals surface area contributed by atoms with Gasteiger partial charge in [0.25, 0.3) is 5.91 Å². The van der Waals surface area contributed by atoms with Gasteiger partial charge in [-0.25, -0.2) is 0 Å². The monoisotopic (exact) mass is 286 g/mol. The smallest absolute Gasteiger partial charge is 0.272 e. The van der Waals surface area contributed by atoms with Crippen LogP contribution in [0.3, 0.4) is 0 Å². The predicted octanol–water partition coefficient (Wildman–Crippen LogP) is 1.72. The molecule has 0 aromatic carbocycles. The Morgan fingerprint density at radius 1 is 1.38 bits per heavy atom. The molecule has 2 atom stereocenters. The fourth-order valence-corrected chi connectivity index (χ4v) is 2.61. The number of pyridine rings is 1. The van der Waals surface area contributed by atoms with Gasteiger partial charge >= 0.3 is 0 Å². The van der Waals surface area contributed by atoms with Gasteiger partial charge < -0.3 is 9.64 Å². The molecule has 1 amide bonds. The second-order valence-electron chi connectivity index (χ2n) is 5.38. The first-order valence-electron chi connectivity index (χ1n) is 7.04. The number of aromatic amines is 1. The van der Waals surface area contributed by atoms with Gasteiger partial charge in [0.05, 0.1) is 17.9 Å². The number of morpholine rings is 1. The van der Waals surface area contributed by atoms with Crippen molar-refractivity contribution >= 4 is 5.91 Å². The summed E-state index contributed by atoms with van der Waals surface area (Å²) in [6.45, 7) is 5.16. The van der Waals surface area contributed by atoms with Gasteiger partial charge in [0.2, 0.25) is 0 Å². The SMILES string of the molecule is C[C@@H]1CN(C(=O)c2cc(-c3cccnc3)n[nH]2)C[C@H](C)O1. The first-order chi connectivity index (χ1) is 10.1. The van der Waals surface area contributed by atoms with Gasteiger partial charge in [-0.2, -0.15) is 5.10 Å². The number of nitrogens with one attached hydrogen (secondary N) is 1. The predicted molar refractivity (Wildman–Crippen MR) is 77.7 cm³/mol. The van der Waals surface area contributed by atoms with Crippen LogP contribution in [0.4, 0.5) is 0 Å². The summed E-state index contributed by atoms with van der Waals surface area (Å²) in [6, 6.07) is 5.53. The minimum Gasteiger partial charge on any atom is -0.372 e. The molecule has 0 saturated carbocycles. The maximum Gasteiger partial charge on any atom is 0.272 e. The van der Waals surface area contributed by atoms with E-state index in [9.17, 15) is 4.79 Å². The van der Waals surface area contributed by atoms with Crippen molar-refractivity contribution in [2.45, 2.75) is 26.1 Å². The van der Waals surface area contributed by atoms with E-state index in [0.717, 1.165) is 11.3 Å². The molecular formula is C15H18N4O2. The Morgan fingerprint density at radius 3 is 2.81 bits per heavy atom. The second kappa shape index (κ2) is 5.65. The molecular weight excluding hydrogens is 268 g/mol. The Morgan fingerprint density at radius 2 is 2.14 bits per heavy atom. The van der Waals surface area contributed by atoms with E-state index < -0.39 is 0 Å². The van der Waals surface area contributed by atoms with E-state index in [1.54, 1.807) is 23.4 Å². The summed E-state index contributed by atoms with van der Waals surface area (Å²) in [5.41, 5.74) is 2.10. The minimum absolute atomic E-state index is 0.0420. The molecule has 0 bridgehead atoms. The van der Waals surface area contributed by atoms with Crippen LogP contribution in [0.2, 0.25) is 0 Å². The molecule has 1 fully saturated rings. The molecule has 1 aliphatic rings. The molecule has 2 aromatic heterocycles. The van der Waals surface area contributed by atoms with E-state index in [2.05, 4.69) is 15.2 Å². The Hall–Kier alpha value is -2.21. The van der Waals surface area contributed by atoms with Gasteiger partial charge in [0, 0.05) is 31.0 Å². The third-order valence-corrected chi connectivity index (χ3v) is 3.47. The number of carbonyl (C=O) groups is 1. The summed E-state index contributed by atoms with van der Waals surface area (Å²) < 4.78 is 5.65. The maximum atomic E-state index is 12.5. The fraction of sp³-hybridized carbons (Fsp3) is 0.400. The number of amides is 1. The van der Waals surface area contributed by atoms with Crippen LogP contribution in [0, 0.1) is 0 Å². The molecule has 0 aliphatic carbocycles. The van der Waals surface area contributed by atoms with E-state index in [1.807, 2.05) is 26.0 Å². The lowest BCUT2D eigenvalue weighted by Gasteiger charge is -2.34. The number of aromatic nitrogens is 3. The molecule has 3 heterocycles. The second-order valence-corrected chi connectivity index (χ2v) is 5.38. The molecule has 3 rings (SSSR count). The Balaban J connectivity index is 1.78. The van der Waals surface area contributed by atoms with Gasteiger partial charge in [0.1, 0.15) is 5.69 Å². The summed E-state index contributed by atoms with van der Waals surface area (Å²) in [7, 11) is 0. The number of ether oxygens (including phenoxy) is 1. The molecule has 6 nitrogen and oxygen atoms in total. The van der Waals surface area contributed by atoms with Gasteiger partial charge in [-0.1, -0.05) is 0 Å². The highest BCUT2D eigenvalue weighted by Gasteiger charge is 2.27. The summed E-state index contributed by atoms with van der Waals surface area (Å²) >= 11 is 0. The molecule has 0 radical (unpaired) electrons. The zero-order chi connectivity index (χ0) is 14.8. The van der Waals surface area contributed by atoms with Crippen molar-refractivity contribution in [1.29, 1.82) is 0 Å². The Bertz CT molecular complexity index is 616.